The fraction of sp³-hybridized carbons (Fsp3) is 0.625. The van der Waals surface area contributed by atoms with Gasteiger partial charge in [0, 0.05) is 6.42 Å². The van der Waals surface area contributed by atoms with Gasteiger partial charge < -0.3 is 9.80 Å². The van der Waals surface area contributed by atoms with E-state index >= 15 is 0 Å². The van der Waals surface area contributed by atoms with Gasteiger partial charge >= 0.3 is 0 Å². The van der Waals surface area contributed by atoms with E-state index in [4.69, 9.17) is 0 Å². The molecule has 0 unspecified atom stereocenters. The lowest BCUT2D eigenvalue weighted by Crippen LogP contribution is -3.29. The number of hydrogen-bond acceptors (Lipinski definition) is 0. The molecule has 1 atom stereocenters. The van der Waals surface area contributed by atoms with Gasteiger partial charge in [0.25, 0.3) is 0 Å². The molecule has 0 aliphatic carbocycles. The first-order valence-electron chi connectivity index (χ1n) is 7.51. The zero-order valence-corrected chi connectivity index (χ0v) is 11.9. The van der Waals surface area contributed by atoms with Crippen molar-refractivity contribution in [3.8, 4) is 0 Å². The number of rotatable bonds is 5. The summed E-state index contributed by atoms with van der Waals surface area (Å²) in [6.45, 7) is 11.5. The van der Waals surface area contributed by atoms with Gasteiger partial charge in [-0.05, 0) is 25.8 Å². The molecule has 1 aliphatic rings. The van der Waals surface area contributed by atoms with Crippen molar-refractivity contribution in [1.29, 1.82) is 0 Å². The molecular formula is C16H28N2+2. The first-order chi connectivity index (χ1) is 8.79. The summed E-state index contributed by atoms with van der Waals surface area (Å²) in [6.07, 6.45) is 2.55. The van der Waals surface area contributed by atoms with Crippen LogP contribution in [0.3, 0.4) is 0 Å². The topological polar surface area (TPSA) is 8.88 Å². The second-order valence-electron chi connectivity index (χ2n) is 5.69. The highest BCUT2D eigenvalue weighted by Crippen LogP contribution is 2.03. The minimum atomic E-state index is 0.809. The Kier molecular flexibility index (Phi) is 5.21. The lowest BCUT2D eigenvalue weighted by molar-refractivity contribution is -1.02. The maximum atomic E-state index is 2.43. The van der Waals surface area contributed by atoms with Gasteiger partial charge in [-0.3, -0.25) is 0 Å². The number of nitrogens with one attached hydrogen (secondary N) is 2. The molecule has 0 bridgehead atoms. The molecule has 2 nitrogen and oxygen atoms in total. The number of benzene rings is 1. The lowest BCUT2D eigenvalue weighted by Gasteiger charge is -2.32. The number of quaternary nitrogens is 2. The molecule has 0 spiro atoms. The lowest BCUT2D eigenvalue weighted by atomic mass is 10.0. The van der Waals surface area contributed by atoms with Crippen LogP contribution in [0, 0.1) is 0 Å². The van der Waals surface area contributed by atoms with E-state index in [9.17, 15) is 0 Å². The van der Waals surface area contributed by atoms with Crippen LogP contribution in [0.4, 0.5) is 0 Å². The minimum Gasteiger partial charge on any atom is -0.326 e. The van der Waals surface area contributed by atoms with Crippen molar-refractivity contribution in [2.75, 3.05) is 32.7 Å². The Balaban J connectivity index is 1.73. The second-order valence-corrected chi connectivity index (χ2v) is 5.69. The summed E-state index contributed by atoms with van der Waals surface area (Å²) in [5, 5.41) is 0. The van der Waals surface area contributed by atoms with Crippen molar-refractivity contribution in [2.24, 2.45) is 0 Å². The third kappa shape index (κ3) is 3.82. The fourth-order valence-corrected chi connectivity index (χ4v) is 3.00. The largest absolute Gasteiger partial charge is 0.326 e. The van der Waals surface area contributed by atoms with E-state index in [-0.39, 0.29) is 0 Å². The summed E-state index contributed by atoms with van der Waals surface area (Å²) in [4.78, 5) is 3.61. The smallest absolute Gasteiger partial charge is 0.127 e. The average molecular weight is 248 g/mol. The molecule has 2 heteroatoms. The first kappa shape index (κ1) is 13.6. The highest BCUT2D eigenvalue weighted by atomic mass is 15.3. The summed E-state index contributed by atoms with van der Waals surface area (Å²) in [7, 11) is 0. The summed E-state index contributed by atoms with van der Waals surface area (Å²) < 4.78 is 0. The number of aryl methyl sites for hydroxylation is 1. The molecular weight excluding hydrogens is 220 g/mol. The van der Waals surface area contributed by atoms with Crippen LogP contribution >= 0.6 is 0 Å². The predicted octanol–water partition coefficient (Wildman–Crippen LogP) is -0.189. The van der Waals surface area contributed by atoms with E-state index in [0.717, 1.165) is 6.04 Å². The first-order valence-corrected chi connectivity index (χ1v) is 7.51. The molecule has 2 rings (SSSR count). The summed E-state index contributed by atoms with van der Waals surface area (Å²) in [5.41, 5.74) is 1.49. The Morgan fingerprint density at radius 3 is 2.33 bits per heavy atom. The van der Waals surface area contributed by atoms with Crippen molar-refractivity contribution < 1.29 is 9.80 Å². The van der Waals surface area contributed by atoms with E-state index in [0.29, 0.717) is 0 Å². The number of piperazine rings is 1. The van der Waals surface area contributed by atoms with Gasteiger partial charge in [0.05, 0.1) is 12.6 Å². The van der Waals surface area contributed by atoms with E-state index in [1.807, 2.05) is 4.90 Å². The molecule has 0 saturated carbocycles. The second kappa shape index (κ2) is 6.91. The van der Waals surface area contributed by atoms with Gasteiger partial charge in [-0.2, -0.15) is 0 Å². The third-order valence-corrected chi connectivity index (χ3v) is 4.51. The Labute approximate surface area is 112 Å². The Bertz CT molecular complexity index is 328. The van der Waals surface area contributed by atoms with Crippen molar-refractivity contribution >= 4 is 0 Å². The van der Waals surface area contributed by atoms with Crippen molar-refractivity contribution in [2.45, 2.75) is 32.7 Å². The molecule has 1 aromatic rings. The Morgan fingerprint density at radius 2 is 1.72 bits per heavy atom. The SMILES string of the molecule is CC[NH+]1CC[NH+]([C@@H](C)CCc2ccccc2)CC1. The van der Waals surface area contributed by atoms with E-state index < -0.39 is 0 Å². The van der Waals surface area contributed by atoms with Gasteiger partial charge in [-0.15, -0.1) is 0 Å². The Morgan fingerprint density at radius 1 is 1.06 bits per heavy atom. The van der Waals surface area contributed by atoms with Crippen molar-refractivity contribution in [3.05, 3.63) is 35.9 Å². The van der Waals surface area contributed by atoms with Crippen LogP contribution in [0.2, 0.25) is 0 Å². The molecule has 0 radical (unpaired) electrons. The zero-order valence-electron chi connectivity index (χ0n) is 11.9. The molecule has 1 aromatic carbocycles. The van der Waals surface area contributed by atoms with Crippen LogP contribution in [0.1, 0.15) is 25.8 Å². The minimum absolute atomic E-state index is 0.809. The van der Waals surface area contributed by atoms with Gasteiger partial charge in [0.1, 0.15) is 26.2 Å². The van der Waals surface area contributed by atoms with Crippen molar-refractivity contribution in [3.63, 3.8) is 0 Å². The molecule has 1 saturated heterocycles. The third-order valence-electron chi connectivity index (χ3n) is 4.51. The van der Waals surface area contributed by atoms with E-state index in [2.05, 4.69) is 44.2 Å². The molecule has 1 fully saturated rings. The molecule has 1 aliphatic heterocycles. The van der Waals surface area contributed by atoms with Gasteiger partial charge in [-0.25, -0.2) is 0 Å². The van der Waals surface area contributed by atoms with Crippen LogP contribution in [-0.4, -0.2) is 38.8 Å². The summed E-state index contributed by atoms with van der Waals surface area (Å²) in [6, 6.07) is 11.7. The highest BCUT2D eigenvalue weighted by molar-refractivity contribution is 5.14. The maximum absolute atomic E-state index is 2.43. The standard InChI is InChI=1S/C16H26N2/c1-3-17-11-13-18(14-12-17)15(2)9-10-16-7-5-4-6-8-16/h4-8,15H,3,9-14H2,1-2H3/p+2/t15-/m0/s1. The van der Waals surface area contributed by atoms with Crippen LogP contribution in [0.25, 0.3) is 0 Å². The van der Waals surface area contributed by atoms with Crippen LogP contribution in [-0.2, 0) is 6.42 Å². The molecule has 0 amide bonds. The summed E-state index contributed by atoms with van der Waals surface area (Å²) in [5.74, 6) is 0. The molecule has 18 heavy (non-hydrogen) atoms. The number of likely N-dealkylation sites (N-methyl/N-ethyl adjacent to an activating group) is 1. The fourth-order valence-electron chi connectivity index (χ4n) is 3.00. The zero-order chi connectivity index (χ0) is 12.8. The van der Waals surface area contributed by atoms with Crippen LogP contribution in [0.15, 0.2) is 30.3 Å². The predicted molar refractivity (Wildman–Crippen MR) is 76.2 cm³/mol. The van der Waals surface area contributed by atoms with Crippen LogP contribution < -0.4 is 9.80 Å². The van der Waals surface area contributed by atoms with Crippen molar-refractivity contribution in [1.82, 2.24) is 0 Å². The highest BCUT2D eigenvalue weighted by Gasteiger charge is 2.25. The number of hydrogen-bond donors (Lipinski definition) is 2. The van der Waals surface area contributed by atoms with Gasteiger partial charge in [0.15, 0.2) is 0 Å². The summed E-state index contributed by atoms with van der Waals surface area (Å²) >= 11 is 0. The van der Waals surface area contributed by atoms with Gasteiger partial charge in [-0.1, -0.05) is 30.3 Å². The quantitative estimate of drug-likeness (QED) is 0.715. The van der Waals surface area contributed by atoms with Gasteiger partial charge in [0.2, 0.25) is 0 Å². The van der Waals surface area contributed by atoms with Crippen LogP contribution in [0.5, 0.6) is 0 Å². The van der Waals surface area contributed by atoms with E-state index in [1.54, 1.807) is 4.90 Å². The molecule has 100 valence electrons. The monoisotopic (exact) mass is 248 g/mol. The molecule has 0 aromatic heterocycles. The Hall–Kier alpha value is -0.860. The normalized spacial score (nSPS) is 25.9. The maximum Gasteiger partial charge on any atom is 0.127 e. The van der Waals surface area contributed by atoms with E-state index in [1.165, 1.54) is 51.1 Å². The molecule has 2 N–H and O–H groups in total. The molecule has 1 heterocycles. The average Bonchev–Trinajstić information content (AvgIpc) is 2.46.